The number of carbonyl (C=O) groups excluding carboxylic acids is 1. The molecule has 7 heteroatoms. The summed E-state index contributed by atoms with van der Waals surface area (Å²) in [4.78, 5) is 10.9. The van der Waals surface area contributed by atoms with Crippen LogP contribution >= 0.6 is 0 Å². The third kappa shape index (κ3) is 5.68. The first-order valence-electron chi connectivity index (χ1n) is 3.78. The van der Waals surface area contributed by atoms with E-state index in [-0.39, 0.29) is 12.0 Å². The van der Waals surface area contributed by atoms with Crippen molar-refractivity contribution in [2.45, 2.75) is 26.6 Å². The molecule has 0 bridgehead atoms. The second kappa shape index (κ2) is 5.08. The van der Waals surface area contributed by atoms with Crippen molar-refractivity contribution < 1.29 is 26.7 Å². The fourth-order valence-corrected chi connectivity index (χ4v) is 0.973. The zero-order valence-corrected chi connectivity index (χ0v) is 8.70. The van der Waals surface area contributed by atoms with Gasteiger partial charge in [-0.15, -0.1) is 0 Å². The van der Waals surface area contributed by atoms with Crippen molar-refractivity contribution in [3.05, 3.63) is 12.2 Å². The zero-order chi connectivity index (χ0) is 11.4. The molecule has 0 radical (unpaired) electrons. The van der Waals surface area contributed by atoms with Gasteiger partial charge < -0.3 is 4.74 Å². The van der Waals surface area contributed by atoms with E-state index in [9.17, 15) is 13.2 Å². The van der Waals surface area contributed by atoms with Gasteiger partial charge in [0.05, 0.1) is 0 Å². The van der Waals surface area contributed by atoms with E-state index in [2.05, 4.69) is 15.5 Å². The predicted octanol–water partition coefficient (Wildman–Crippen LogP) is 0.661. The van der Waals surface area contributed by atoms with Gasteiger partial charge >= 0.3 is 16.4 Å². The summed E-state index contributed by atoms with van der Waals surface area (Å²) in [5.41, 5.74) is 0.113. The maximum absolute atomic E-state index is 10.9. The molecule has 0 amide bonds. The number of hydrogen-bond donors (Lipinski definition) is 1. The van der Waals surface area contributed by atoms with Crippen LogP contribution in [0.4, 0.5) is 0 Å². The summed E-state index contributed by atoms with van der Waals surface area (Å²) in [5, 5.41) is 0. The lowest BCUT2D eigenvalue weighted by molar-refractivity contribution is -0.158. The Kier molecular flexibility index (Phi) is 4.75. The first kappa shape index (κ1) is 13.1. The van der Waals surface area contributed by atoms with Crippen molar-refractivity contribution >= 4 is 16.4 Å². The summed E-state index contributed by atoms with van der Waals surface area (Å²) in [6.07, 6.45) is -1.23. The van der Waals surface area contributed by atoms with E-state index in [1.807, 2.05) is 0 Å². The Balaban J connectivity index is 4.31. The van der Waals surface area contributed by atoms with Gasteiger partial charge in [0, 0.05) is 12.0 Å². The van der Waals surface area contributed by atoms with Gasteiger partial charge in [-0.3, -0.25) is 4.55 Å². The quantitative estimate of drug-likeness (QED) is 0.319. The summed E-state index contributed by atoms with van der Waals surface area (Å²) in [7, 11) is -4.61. The van der Waals surface area contributed by atoms with E-state index in [0.29, 0.717) is 0 Å². The van der Waals surface area contributed by atoms with Crippen LogP contribution in [0.3, 0.4) is 0 Å². The van der Waals surface area contributed by atoms with Crippen molar-refractivity contribution in [1.29, 1.82) is 0 Å². The highest BCUT2D eigenvalue weighted by molar-refractivity contribution is 7.80. The maximum Gasteiger partial charge on any atom is 0.400 e. The largest absolute Gasteiger partial charge is 0.431 e. The van der Waals surface area contributed by atoms with Crippen molar-refractivity contribution in [3.63, 3.8) is 0 Å². The van der Waals surface area contributed by atoms with Gasteiger partial charge in [-0.1, -0.05) is 13.5 Å². The molecule has 0 heterocycles. The molecule has 0 spiro atoms. The van der Waals surface area contributed by atoms with Crippen LogP contribution in [0.15, 0.2) is 12.2 Å². The minimum absolute atomic E-state index is 0.0960. The normalized spacial score (nSPS) is 13.4. The molecule has 1 atom stereocenters. The van der Waals surface area contributed by atoms with Gasteiger partial charge in [0.1, 0.15) is 0 Å². The minimum atomic E-state index is -4.61. The average Bonchev–Trinajstić information content (AvgIpc) is 2.00. The molecule has 0 aliphatic rings. The van der Waals surface area contributed by atoms with E-state index in [1.54, 1.807) is 0 Å². The lowest BCUT2D eigenvalue weighted by Gasteiger charge is -2.13. The Morgan fingerprint density at radius 2 is 2.07 bits per heavy atom. The van der Waals surface area contributed by atoms with Crippen molar-refractivity contribution in [2.24, 2.45) is 0 Å². The third-order valence-corrected chi connectivity index (χ3v) is 1.61. The highest BCUT2D eigenvalue weighted by Crippen LogP contribution is 2.06. The second-order valence-electron chi connectivity index (χ2n) is 2.55. The Labute approximate surface area is 82.5 Å². The van der Waals surface area contributed by atoms with Crippen LogP contribution in [-0.4, -0.2) is 25.2 Å². The fraction of sp³-hybridized carbons (Fsp3) is 0.571. The van der Waals surface area contributed by atoms with Crippen LogP contribution in [0, 0.1) is 0 Å². The summed E-state index contributed by atoms with van der Waals surface area (Å²) in [6.45, 7) is 6.23. The van der Waals surface area contributed by atoms with E-state index in [1.165, 1.54) is 13.8 Å². The predicted molar refractivity (Wildman–Crippen MR) is 47.6 cm³/mol. The van der Waals surface area contributed by atoms with E-state index < -0.39 is 22.7 Å². The average molecular weight is 224 g/mol. The Hall–Kier alpha value is -0.920. The summed E-state index contributed by atoms with van der Waals surface area (Å²) in [6, 6.07) is 0. The molecule has 0 saturated carbocycles. The molecule has 6 nitrogen and oxygen atoms in total. The Morgan fingerprint density at radius 3 is 2.36 bits per heavy atom. The standard InChI is InChI=1S/C7H12O6S/c1-4-6(13-14(9,10)11)12-7(8)5(2)3/h6H,2,4H2,1,3H3,(H,9,10,11). The topological polar surface area (TPSA) is 89.9 Å². The van der Waals surface area contributed by atoms with Gasteiger partial charge in [-0.25, -0.2) is 8.98 Å². The fourth-order valence-electron chi connectivity index (χ4n) is 0.527. The molecule has 1 unspecified atom stereocenters. The summed E-state index contributed by atoms with van der Waals surface area (Å²) < 4.78 is 37.4. The number of ether oxygens (including phenoxy) is 1. The Bertz CT molecular complexity index is 317. The van der Waals surface area contributed by atoms with Crippen molar-refractivity contribution in [3.8, 4) is 0 Å². The molecule has 0 aromatic heterocycles. The van der Waals surface area contributed by atoms with Crippen LogP contribution in [0.5, 0.6) is 0 Å². The molecule has 0 saturated heterocycles. The van der Waals surface area contributed by atoms with Gasteiger partial charge in [0.25, 0.3) is 0 Å². The minimum Gasteiger partial charge on any atom is -0.431 e. The molecular weight excluding hydrogens is 212 g/mol. The molecule has 82 valence electrons. The van der Waals surface area contributed by atoms with Gasteiger partial charge in [0.2, 0.25) is 6.29 Å². The molecule has 0 aromatic carbocycles. The first-order valence-corrected chi connectivity index (χ1v) is 5.15. The van der Waals surface area contributed by atoms with E-state index >= 15 is 0 Å². The van der Waals surface area contributed by atoms with E-state index in [4.69, 9.17) is 4.55 Å². The highest BCUT2D eigenvalue weighted by Gasteiger charge is 2.19. The van der Waals surface area contributed by atoms with Gasteiger partial charge in [-0.2, -0.15) is 8.42 Å². The Morgan fingerprint density at radius 1 is 1.57 bits per heavy atom. The highest BCUT2D eigenvalue weighted by atomic mass is 32.3. The molecule has 1 N–H and O–H groups in total. The maximum atomic E-state index is 10.9. The lowest BCUT2D eigenvalue weighted by atomic mass is 10.3. The number of esters is 1. The zero-order valence-electron chi connectivity index (χ0n) is 7.89. The SMILES string of the molecule is C=C(C)C(=O)OC(CC)OS(=O)(=O)O. The molecule has 0 aliphatic heterocycles. The summed E-state index contributed by atoms with van der Waals surface area (Å²) >= 11 is 0. The van der Waals surface area contributed by atoms with E-state index in [0.717, 1.165) is 0 Å². The first-order chi connectivity index (χ1) is 6.26. The molecular formula is C7H12O6S. The third-order valence-electron chi connectivity index (χ3n) is 1.15. The van der Waals surface area contributed by atoms with Gasteiger partial charge in [-0.05, 0) is 6.92 Å². The van der Waals surface area contributed by atoms with Crippen molar-refractivity contribution in [2.75, 3.05) is 0 Å². The number of rotatable bonds is 5. The van der Waals surface area contributed by atoms with Crippen LogP contribution in [0.2, 0.25) is 0 Å². The van der Waals surface area contributed by atoms with Crippen molar-refractivity contribution in [1.82, 2.24) is 0 Å². The monoisotopic (exact) mass is 224 g/mol. The summed E-state index contributed by atoms with van der Waals surface area (Å²) in [5.74, 6) is -0.777. The second-order valence-corrected chi connectivity index (χ2v) is 3.60. The molecule has 0 aliphatic carbocycles. The number of carbonyl (C=O) groups is 1. The molecule has 14 heavy (non-hydrogen) atoms. The molecule has 0 fully saturated rings. The lowest BCUT2D eigenvalue weighted by Crippen LogP contribution is -2.24. The number of hydrogen-bond acceptors (Lipinski definition) is 5. The van der Waals surface area contributed by atoms with Crippen LogP contribution in [0.25, 0.3) is 0 Å². The molecule has 0 aromatic rings. The smallest absolute Gasteiger partial charge is 0.400 e. The van der Waals surface area contributed by atoms with Crippen LogP contribution in [0.1, 0.15) is 20.3 Å². The molecule has 0 rings (SSSR count). The van der Waals surface area contributed by atoms with Gasteiger partial charge in [0.15, 0.2) is 0 Å². The van der Waals surface area contributed by atoms with Crippen LogP contribution < -0.4 is 0 Å². The van der Waals surface area contributed by atoms with Crippen LogP contribution in [-0.2, 0) is 24.1 Å².